The molecule has 0 bridgehead atoms. The van der Waals surface area contributed by atoms with Crippen LogP contribution in [-0.2, 0) is 9.47 Å². The molecule has 0 amide bonds. The van der Waals surface area contributed by atoms with Crippen molar-refractivity contribution in [2.75, 3.05) is 14.2 Å². The Bertz CT molecular complexity index is 345. The number of hydrogen-bond donors (Lipinski definition) is 0. The van der Waals surface area contributed by atoms with Gasteiger partial charge in [-0.15, -0.1) is 0 Å². The number of methoxy groups -OCH3 is 2. The first-order chi connectivity index (χ1) is 9.35. The fraction of sp³-hybridized carbons (Fsp3) is 0.625. The van der Waals surface area contributed by atoms with E-state index in [2.05, 4.69) is 30.3 Å². The van der Waals surface area contributed by atoms with Gasteiger partial charge in [0.1, 0.15) is 0 Å². The summed E-state index contributed by atoms with van der Waals surface area (Å²) in [4.78, 5) is 0.533. The Kier molecular flexibility index (Phi) is 6.39. The van der Waals surface area contributed by atoms with Gasteiger partial charge in [-0.05, 0) is 0 Å². The van der Waals surface area contributed by atoms with Gasteiger partial charge in [-0.3, -0.25) is 0 Å². The fourth-order valence-electron chi connectivity index (χ4n) is 2.86. The van der Waals surface area contributed by atoms with Crippen molar-refractivity contribution in [3.05, 3.63) is 30.3 Å². The average Bonchev–Trinajstić information content (AvgIpc) is 2.49. The molecule has 1 aromatic carbocycles. The van der Waals surface area contributed by atoms with Gasteiger partial charge < -0.3 is 0 Å². The molecule has 1 aliphatic rings. The first-order valence-corrected chi connectivity index (χ1v) is 8.97. The Morgan fingerprint density at radius 3 is 2.21 bits per heavy atom. The number of rotatable bonds is 6. The topological polar surface area (TPSA) is 18.5 Å². The third-order valence-electron chi connectivity index (χ3n) is 3.86. The summed E-state index contributed by atoms with van der Waals surface area (Å²) in [6.45, 7) is 0. The van der Waals surface area contributed by atoms with Crippen LogP contribution in [0.15, 0.2) is 30.3 Å². The average molecular weight is 327 g/mol. The Morgan fingerprint density at radius 2 is 1.63 bits per heavy atom. The van der Waals surface area contributed by atoms with Crippen molar-refractivity contribution in [2.24, 2.45) is 5.92 Å². The zero-order valence-electron chi connectivity index (χ0n) is 11.9. The maximum absolute atomic E-state index is 5.58. The molecule has 0 aromatic heterocycles. The first-order valence-electron chi connectivity index (χ1n) is 7.12. The van der Waals surface area contributed by atoms with Crippen LogP contribution in [0, 0.1) is 5.92 Å². The van der Waals surface area contributed by atoms with Gasteiger partial charge in [0.2, 0.25) is 0 Å². The third-order valence-corrected chi connectivity index (χ3v) is 6.85. The predicted octanol–water partition coefficient (Wildman–Crippen LogP) is 3.00. The van der Waals surface area contributed by atoms with Crippen LogP contribution in [0.5, 0.6) is 0 Å². The van der Waals surface area contributed by atoms with Crippen LogP contribution >= 0.6 is 0 Å². The van der Waals surface area contributed by atoms with Crippen molar-refractivity contribution in [3.63, 3.8) is 0 Å². The van der Waals surface area contributed by atoms with Gasteiger partial charge in [0, 0.05) is 0 Å². The summed E-state index contributed by atoms with van der Waals surface area (Å²) in [5.74, 6) is 0.763. The van der Waals surface area contributed by atoms with Crippen molar-refractivity contribution in [1.82, 2.24) is 0 Å². The van der Waals surface area contributed by atoms with E-state index in [4.69, 9.17) is 9.47 Å². The van der Waals surface area contributed by atoms with Crippen LogP contribution < -0.4 is 4.46 Å². The van der Waals surface area contributed by atoms with E-state index in [0.29, 0.717) is 19.8 Å². The van der Waals surface area contributed by atoms with Gasteiger partial charge >= 0.3 is 123 Å². The van der Waals surface area contributed by atoms with E-state index in [-0.39, 0.29) is 6.29 Å². The van der Waals surface area contributed by atoms with Gasteiger partial charge in [-0.1, -0.05) is 0 Å². The second-order valence-electron chi connectivity index (χ2n) is 5.13. The van der Waals surface area contributed by atoms with Crippen LogP contribution in [0.3, 0.4) is 0 Å². The van der Waals surface area contributed by atoms with Gasteiger partial charge in [0.25, 0.3) is 0 Å². The normalized spacial score (nSPS) is 18.7. The molecule has 0 N–H and O–H groups in total. The van der Waals surface area contributed by atoms with Crippen molar-refractivity contribution in [3.8, 4) is 0 Å². The molecule has 1 aromatic rings. The van der Waals surface area contributed by atoms with Crippen molar-refractivity contribution in [2.45, 2.75) is 43.2 Å². The molecule has 2 nitrogen and oxygen atoms in total. The molecule has 19 heavy (non-hydrogen) atoms. The summed E-state index contributed by atoms with van der Waals surface area (Å²) < 4.78 is 12.6. The summed E-state index contributed by atoms with van der Waals surface area (Å²) in [6.07, 6.45) is 6.75. The van der Waals surface area contributed by atoms with E-state index in [1.165, 1.54) is 36.6 Å². The van der Waals surface area contributed by atoms with E-state index in [9.17, 15) is 0 Å². The summed E-state index contributed by atoms with van der Waals surface area (Å²) in [7, 11) is 3.54. The molecule has 0 spiro atoms. The summed E-state index contributed by atoms with van der Waals surface area (Å²) in [5.41, 5.74) is 0. The Balaban J connectivity index is 2.08. The van der Waals surface area contributed by atoms with Gasteiger partial charge in [0.15, 0.2) is 0 Å². The standard InChI is InChI=1S/C16H24O2Se/c1-17-16(18-2)15(13-9-5-3-6-10-13)19-14-11-7-4-8-12-14/h4,7-8,11-13,15-16H,3,5-6,9-10H2,1-2H3. The minimum absolute atomic E-state index is 0.0525. The Hall–Kier alpha value is -0.341. The van der Waals surface area contributed by atoms with Crippen molar-refractivity contribution in [1.29, 1.82) is 0 Å². The van der Waals surface area contributed by atoms with Crippen LogP contribution in [-0.4, -0.2) is 35.5 Å². The van der Waals surface area contributed by atoms with E-state index in [1.807, 2.05) is 0 Å². The SMILES string of the molecule is COC(OC)C([Se]c1ccccc1)C1CCCCC1. The quantitative estimate of drug-likeness (QED) is 0.591. The summed E-state index contributed by atoms with van der Waals surface area (Å²) in [6, 6.07) is 10.8. The number of ether oxygens (including phenoxy) is 2. The van der Waals surface area contributed by atoms with Crippen LogP contribution in [0.1, 0.15) is 32.1 Å². The molecule has 106 valence electrons. The van der Waals surface area contributed by atoms with Crippen LogP contribution in [0.4, 0.5) is 0 Å². The second-order valence-corrected chi connectivity index (χ2v) is 7.76. The zero-order valence-corrected chi connectivity index (χ0v) is 13.6. The molecule has 3 heteroatoms. The second kappa shape index (κ2) is 8.06. The van der Waals surface area contributed by atoms with Crippen molar-refractivity contribution < 1.29 is 9.47 Å². The molecule has 2 rings (SSSR count). The number of hydrogen-bond acceptors (Lipinski definition) is 2. The van der Waals surface area contributed by atoms with Gasteiger partial charge in [0.05, 0.1) is 0 Å². The molecule has 1 fully saturated rings. The van der Waals surface area contributed by atoms with E-state index in [0.717, 1.165) is 5.92 Å². The summed E-state index contributed by atoms with van der Waals surface area (Å²) >= 11 is 0.417. The number of benzene rings is 1. The minimum atomic E-state index is -0.0525. The molecular weight excluding hydrogens is 303 g/mol. The predicted molar refractivity (Wildman–Crippen MR) is 80.0 cm³/mol. The van der Waals surface area contributed by atoms with Gasteiger partial charge in [-0.2, -0.15) is 0 Å². The molecule has 1 unspecified atom stereocenters. The zero-order chi connectivity index (χ0) is 13.5. The molecule has 0 heterocycles. The third kappa shape index (κ3) is 4.32. The van der Waals surface area contributed by atoms with E-state index < -0.39 is 0 Å². The fourth-order valence-corrected chi connectivity index (χ4v) is 5.85. The molecule has 0 aliphatic heterocycles. The summed E-state index contributed by atoms with van der Waals surface area (Å²) in [5, 5.41) is 0. The molecule has 1 saturated carbocycles. The molecular formula is C16H24O2Se. The Labute approximate surface area is 123 Å². The van der Waals surface area contributed by atoms with E-state index >= 15 is 0 Å². The van der Waals surface area contributed by atoms with Crippen molar-refractivity contribution >= 4 is 19.4 Å². The Morgan fingerprint density at radius 1 is 1.00 bits per heavy atom. The molecule has 0 saturated heterocycles. The van der Waals surface area contributed by atoms with Gasteiger partial charge in [-0.25, -0.2) is 0 Å². The maximum atomic E-state index is 5.58. The van der Waals surface area contributed by atoms with Crippen LogP contribution in [0.25, 0.3) is 0 Å². The molecule has 1 aliphatic carbocycles. The van der Waals surface area contributed by atoms with E-state index in [1.54, 1.807) is 14.2 Å². The first kappa shape index (κ1) is 15.1. The van der Waals surface area contributed by atoms with Crippen LogP contribution in [0.2, 0.25) is 4.82 Å². The monoisotopic (exact) mass is 328 g/mol. The molecule has 0 radical (unpaired) electrons. The molecule has 1 atom stereocenters.